The van der Waals surface area contributed by atoms with Crippen molar-refractivity contribution in [3.63, 3.8) is 0 Å². The summed E-state index contributed by atoms with van der Waals surface area (Å²) in [7, 11) is 1.78. The van der Waals surface area contributed by atoms with Gasteiger partial charge in [0.05, 0.1) is 12.7 Å². The molecule has 30 heavy (non-hydrogen) atoms. The van der Waals surface area contributed by atoms with Gasteiger partial charge in [0, 0.05) is 35.2 Å². The van der Waals surface area contributed by atoms with Gasteiger partial charge in [-0.25, -0.2) is 4.98 Å². The summed E-state index contributed by atoms with van der Waals surface area (Å²) in [5.41, 5.74) is 1.54. The van der Waals surface area contributed by atoms with Crippen LogP contribution in [0, 0.1) is 0 Å². The molecule has 2 aromatic rings. The Bertz CT molecular complexity index is 1000. The number of anilines is 3. The van der Waals surface area contributed by atoms with E-state index in [0.29, 0.717) is 41.2 Å². The minimum Gasteiger partial charge on any atom is -0.340 e. The lowest BCUT2D eigenvalue weighted by molar-refractivity contribution is -0.120. The van der Waals surface area contributed by atoms with Gasteiger partial charge in [-0.3, -0.25) is 14.7 Å². The van der Waals surface area contributed by atoms with Crippen molar-refractivity contribution in [2.75, 3.05) is 34.8 Å². The zero-order valence-corrected chi connectivity index (χ0v) is 18.9. The molecule has 0 N–H and O–H groups in total. The zero-order valence-electron chi connectivity index (χ0n) is 17.4. The van der Waals surface area contributed by atoms with Crippen molar-refractivity contribution in [3.05, 3.63) is 40.0 Å². The van der Waals surface area contributed by atoms with Crippen LogP contribution < -0.4 is 14.7 Å². The number of carbonyl (C=O) groups is 1. The number of carbonyl (C=O) groups excluding carboxylic acids is 1. The first-order valence-electron chi connectivity index (χ1n) is 10.0. The van der Waals surface area contributed by atoms with Gasteiger partial charge in [0.25, 0.3) is 0 Å². The van der Waals surface area contributed by atoms with Crippen molar-refractivity contribution >= 4 is 52.4 Å². The van der Waals surface area contributed by atoms with Gasteiger partial charge in [0.15, 0.2) is 5.82 Å². The molecule has 3 heterocycles. The van der Waals surface area contributed by atoms with Crippen molar-refractivity contribution in [1.82, 2.24) is 9.97 Å². The molecule has 1 amide bonds. The van der Waals surface area contributed by atoms with Crippen LogP contribution in [0.5, 0.6) is 0 Å². The molecule has 1 aromatic carbocycles. The first-order valence-corrected chi connectivity index (χ1v) is 10.8. The molecular weight excluding hydrogens is 423 g/mol. The Morgan fingerprint density at radius 2 is 1.90 bits per heavy atom. The maximum absolute atomic E-state index is 12.9. The van der Waals surface area contributed by atoms with Crippen LogP contribution in [0.25, 0.3) is 0 Å². The van der Waals surface area contributed by atoms with Crippen LogP contribution in [0.2, 0.25) is 10.0 Å². The molecule has 4 rings (SSSR count). The Morgan fingerprint density at radius 1 is 1.20 bits per heavy atom. The van der Waals surface area contributed by atoms with Gasteiger partial charge >= 0.3 is 0 Å². The first-order chi connectivity index (χ1) is 14.3. The van der Waals surface area contributed by atoms with Gasteiger partial charge in [0.1, 0.15) is 17.6 Å². The van der Waals surface area contributed by atoms with Gasteiger partial charge in [-0.05, 0) is 38.5 Å². The molecule has 0 aliphatic carbocycles. The number of hydrogen-bond acceptors (Lipinski definition) is 6. The van der Waals surface area contributed by atoms with Gasteiger partial charge in [-0.2, -0.15) is 4.98 Å². The summed E-state index contributed by atoms with van der Waals surface area (Å²) < 4.78 is 0. The lowest BCUT2D eigenvalue weighted by Crippen LogP contribution is -2.55. The summed E-state index contributed by atoms with van der Waals surface area (Å²) in [6, 6.07) is 5.24. The molecule has 0 saturated heterocycles. The predicted octanol–water partition coefficient (Wildman–Crippen LogP) is 4.02. The Morgan fingerprint density at radius 3 is 2.53 bits per heavy atom. The maximum Gasteiger partial charge on any atom is 0.249 e. The van der Waals surface area contributed by atoms with Crippen LogP contribution in [-0.4, -0.2) is 53.9 Å². The quantitative estimate of drug-likeness (QED) is 0.709. The fourth-order valence-electron chi connectivity index (χ4n) is 4.07. The molecule has 9 heteroatoms. The monoisotopic (exact) mass is 446 g/mol. The first kappa shape index (κ1) is 20.9. The molecule has 0 saturated carbocycles. The van der Waals surface area contributed by atoms with E-state index in [0.717, 1.165) is 17.2 Å². The van der Waals surface area contributed by atoms with Crippen LogP contribution >= 0.6 is 23.2 Å². The fraction of sp³-hybridized carbons (Fsp3) is 0.429. The Labute approximate surface area is 186 Å². The molecule has 0 spiro atoms. The number of likely N-dealkylation sites (N-methyl/N-ethyl adjacent to an activating group) is 1. The summed E-state index contributed by atoms with van der Waals surface area (Å²) in [5.74, 6) is 2.11. The summed E-state index contributed by atoms with van der Waals surface area (Å²) in [6.07, 6.45) is 2.43. The topological polar surface area (TPSA) is 64.9 Å². The lowest BCUT2D eigenvalue weighted by atomic mass is 10.1. The number of aromatic nitrogens is 2. The number of benzene rings is 1. The second-order valence-corrected chi connectivity index (χ2v) is 8.59. The third-order valence-corrected chi connectivity index (χ3v) is 5.88. The van der Waals surface area contributed by atoms with Gasteiger partial charge in [0.2, 0.25) is 11.9 Å². The highest BCUT2D eigenvalue weighted by atomic mass is 35.5. The van der Waals surface area contributed by atoms with E-state index in [1.165, 1.54) is 0 Å². The van der Waals surface area contributed by atoms with Crippen LogP contribution in [0.4, 0.5) is 17.5 Å². The van der Waals surface area contributed by atoms with Crippen molar-refractivity contribution < 1.29 is 4.79 Å². The lowest BCUT2D eigenvalue weighted by Gasteiger charge is -2.42. The second kappa shape index (κ2) is 8.04. The highest BCUT2D eigenvalue weighted by Crippen LogP contribution is 2.37. The van der Waals surface area contributed by atoms with Crippen LogP contribution in [0.1, 0.15) is 32.8 Å². The van der Waals surface area contributed by atoms with E-state index < -0.39 is 0 Å². The van der Waals surface area contributed by atoms with Crippen LogP contribution in [0.3, 0.4) is 0 Å². The average molecular weight is 447 g/mol. The van der Waals surface area contributed by atoms with E-state index >= 15 is 0 Å². The minimum atomic E-state index is -0.247. The van der Waals surface area contributed by atoms with Gasteiger partial charge in [-0.1, -0.05) is 30.1 Å². The van der Waals surface area contributed by atoms with Gasteiger partial charge in [-0.15, -0.1) is 0 Å². The SMILES string of the molecule is CCC1C(=O)N(C)c2cnc(N3CCN=C3c3cc(Cl)cc(Cl)c3)nc2N1C(C)C. The summed E-state index contributed by atoms with van der Waals surface area (Å²) in [6.45, 7) is 7.45. The van der Waals surface area contributed by atoms with Crippen LogP contribution in [0.15, 0.2) is 29.4 Å². The van der Waals surface area contributed by atoms with Gasteiger partial charge < -0.3 is 9.80 Å². The number of amides is 1. The number of hydrogen-bond donors (Lipinski definition) is 0. The predicted molar refractivity (Wildman–Crippen MR) is 122 cm³/mol. The average Bonchev–Trinajstić information content (AvgIpc) is 3.19. The van der Waals surface area contributed by atoms with E-state index in [2.05, 4.69) is 28.7 Å². The third-order valence-electron chi connectivity index (χ3n) is 5.44. The number of aliphatic imine (C=N–C) groups is 1. The largest absolute Gasteiger partial charge is 0.340 e. The molecule has 0 fully saturated rings. The highest BCUT2D eigenvalue weighted by Gasteiger charge is 2.39. The van der Waals surface area contributed by atoms with E-state index in [-0.39, 0.29) is 18.0 Å². The van der Waals surface area contributed by atoms with Crippen LogP contribution in [-0.2, 0) is 4.79 Å². The zero-order chi connectivity index (χ0) is 21.6. The summed E-state index contributed by atoms with van der Waals surface area (Å²) in [4.78, 5) is 32.7. The molecule has 158 valence electrons. The Kier molecular flexibility index (Phi) is 5.59. The van der Waals surface area contributed by atoms with Crippen molar-refractivity contribution in [2.24, 2.45) is 4.99 Å². The summed E-state index contributed by atoms with van der Waals surface area (Å²) in [5, 5.41) is 1.10. The number of fused-ring (bicyclic) bond motifs is 1. The number of nitrogens with zero attached hydrogens (tertiary/aromatic N) is 6. The maximum atomic E-state index is 12.9. The van der Waals surface area contributed by atoms with E-state index in [1.807, 2.05) is 24.0 Å². The Hall–Kier alpha value is -2.38. The van der Waals surface area contributed by atoms with E-state index in [9.17, 15) is 4.79 Å². The second-order valence-electron chi connectivity index (χ2n) is 7.72. The molecule has 0 radical (unpaired) electrons. The molecular formula is C21H24Cl2N6O. The minimum absolute atomic E-state index is 0.0621. The van der Waals surface area contributed by atoms with Crippen molar-refractivity contribution in [1.29, 1.82) is 0 Å². The molecule has 2 aliphatic rings. The molecule has 1 unspecified atom stereocenters. The standard InChI is InChI=1S/C21H24Cl2N6O/c1-5-16-20(30)27(4)17-11-25-21(26-19(17)29(16)12(2)3)28-7-6-24-18(28)13-8-14(22)10-15(23)9-13/h8-12,16H,5-7H2,1-4H3. The Balaban J connectivity index is 1.77. The molecule has 7 nitrogen and oxygen atoms in total. The van der Waals surface area contributed by atoms with E-state index in [1.54, 1.807) is 24.2 Å². The fourth-order valence-corrected chi connectivity index (χ4v) is 4.60. The highest BCUT2D eigenvalue weighted by molar-refractivity contribution is 6.35. The smallest absolute Gasteiger partial charge is 0.249 e. The molecule has 0 bridgehead atoms. The number of amidine groups is 1. The summed E-state index contributed by atoms with van der Waals surface area (Å²) >= 11 is 12.4. The molecule has 1 aromatic heterocycles. The number of halogens is 2. The molecule has 1 atom stereocenters. The van der Waals surface area contributed by atoms with E-state index in [4.69, 9.17) is 28.2 Å². The third kappa shape index (κ3) is 3.50. The normalized spacial score (nSPS) is 18.9. The number of rotatable bonds is 4. The van der Waals surface area contributed by atoms with Crippen molar-refractivity contribution in [2.45, 2.75) is 39.3 Å². The molecule has 2 aliphatic heterocycles. The van der Waals surface area contributed by atoms with Crippen molar-refractivity contribution in [3.8, 4) is 0 Å².